The van der Waals surface area contributed by atoms with E-state index < -0.39 is 5.66 Å². The Morgan fingerprint density at radius 2 is 1.84 bits per heavy atom. The maximum atomic E-state index is 13.3. The number of nitrogens with one attached hydrogen (secondary N) is 1. The Bertz CT molecular complexity index is 1080. The molecule has 31 heavy (non-hydrogen) atoms. The van der Waals surface area contributed by atoms with Gasteiger partial charge in [-0.25, -0.2) is 0 Å². The zero-order valence-corrected chi connectivity index (χ0v) is 17.8. The highest BCUT2D eigenvalue weighted by Crippen LogP contribution is 2.44. The molecule has 1 aliphatic carbocycles. The van der Waals surface area contributed by atoms with E-state index in [1.807, 2.05) is 37.3 Å². The zero-order valence-electron chi connectivity index (χ0n) is 17.8. The molecule has 3 amide bonds. The second-order valence-corrected chi connectivity index (χ2v) is 8.87. The van der Waals surface area contributed by atoms with E-state index in [2.05, 4.69) is 11.4 Å². The molecule has 0 spiro atoms. The number of rotatable bonds is 4. The van der Waals surface area contributed by atoms with Crippen LogP contribution in [-0.4, -0.2) is 34.8 Å². The molecule has 2 heterocycles. The van der Waals surface area contributed by atoms with Crippen molar-refractivity contribution in [1.82, 2.24) is 4.90 Å². The van der Waals surface area contributed by atoms with Gasteiger partial charge in [-0.3, -0.25) is 19.3 Å². The van der Waals surface area contributed by atoms with Crippen molar-refractivity contribution in [2.45, 2.75) is 57.5 Å². The number of fused-ring (bicyclic) bond motifs is 4. The third-order valence-electron chi connectivity index (χ3n) is 6.98. The second-order valence-electron chi connectivity index (χ2n) is 8.87. The summed E-state index contributed by atoms with van der Waals surface area (Å²) in [4.78, 5) is 42.2. The summed E-state index contributed by atoms with van der Waals surface area (Å²) in [5.41, 5.74) is 3.92. The van der Waals surface area contributed by atoms with Crippen molar-refractivity contribution >= 4 is 29.1 Å². The first kappa shape index (κ1) is 19.8. The van der Waals surface area contributed by atoms with Gasteiger partial charge in [-0.05, 0) is 68.4 Å². The molecule has 1 saturated heterocycles. The van der Waals surface area contributed by atoms with Gasteiger partial charge >= 0.3 is 0 Å². The molecule has 1 atom stereocenters. The molecule has 0 saturated carbocycles. The lowest BCUT2D eigenvalue weighted by Gasteiger charge is -2.48. The first-order valence-corrected chi connectivity index (χ1v) is 11.1. The molecule has 3 aliphatic rings. The average Bonchev–Trinajstić information content (AvgIpc) is 3.09. The first-order chi connectivity index (χ1) is 15.0. The van der Waals surface area contributed by atoms with Crippen LogP contribution in [0.4, 0.5) is 11.4 Å². The van der Waals surface area contributed by atoms with Crippen molar-refractivity contribution in [3.8, 4) is 0 Å². The molecular weight excluding hydrogens is 390 g/mol. The van der Waals surface area contributed by atoms with Crippen LogP contribution < -0.4 is 10.2 Å². The summed E-state index contributed by atoms with van der Waals surface area (Å²) in [7, 11) is 0. The molecule has 2 aromatic rings. The van der Waals surface area contributed by atoms with Gasteiger partial charge < -0.3 is 10.2 Å². The van der Waals surface area contributed by atoms with Crippen molar-refractivity contribution in [3.63, 3.8) is 0 Å². The van der Waals surface area contributed by atoms with Gasteiger partial charge in [0.25, 0.3) is 5.91 Å². The van der Waals surface area contributed by atoms with Crippen LogP contribution in [0.2, 0.25) is 0 Å². The quantitative estimate of drug-likeness (QED) is 0.820. The molecule has 6 nitrogen and oxygen atoms in total. The van der Waals surface area contributed by atoms with Crippen LogP contribution in [0.25, 0.3) is 0 Å². The van der Waals surface area contributed by atoms with Crippen LogP contribution >= 0.6 is 0 Å². The monoisotopic (exact) mass is 417 g/mol. The van der Waals surface area contributed by atoms with E-state index in [0.29, 0.717) is 24.1 Å². The number of amides is 3. The van der Waals surface area contributed by atoms with E-state index in [-0.39, 0.29) is 30.7 Å². The maximum Gasteiger partial charge on any atom is 0.257 e. The number of aryl methyl sites for hydroxylation is 1. The van der Waals surface area contributed by atoms with Gasteiger partial charge in [0.15, 0.2) is 0 Å². The largest absolute Gasteiger partial charge is 0.326 e. The van der Waals surface area contributed by atoms with E-state index in [9.17, 15) is 14.4 Å². The molecule has 0 unspecified atom stereocenters. The number of hydrogen-bond acceptors (Lipinski definition) is 3. The summed E-state index contributed by atoms with van der Waals surface area (Å²) >= 11 is 0. The SMILES string of the molecule is C[C@@]12CCC(=O)N1c1ccccc1C(=O)N2CCC(=O)Nc1cccc2c1CCCC2. The molecule has 2 aromatic carbocycles. The van der Waals surface area contributed by atoms with E-state index >= 15 is 0 Å². The zero-order chi connectivity index (χ0) is 21.6. The van der Waals surface area contributed by atoms with E-state index in [1.165, 1.54) is 17.5 Å². The minimum absolute atomic E-state index is 0.0211. The van der Waals surface area contributed by atoms with Gasteiger partial charge in [0, 0.05) is 25.1 Å². The smallest absolute Gasteiger partial charge is 0.257 e. The molecule has 0 radical (unpaired) electrons. The molecule has 160 valence electrons. The van der Waals surface area contributed by atoms with Crippen molar-refractivity contribution < 1.29 is 14.4 Å². The van der Waals surface area contributed by atoms with Gasteiger partial charge in [-0.2, -0.15) is 0 Å². The van der Waals surface area contributed by atoms with Crippen molar-refractivity contribution in [3.05, 3.63) is 59.2 Å². The third kappa shape index (κ3) is 3.21. The number of nitrogens with zero attached hydrogens (tertiary/aromatic N) is 2. The van der Waals surface area contributed by atoms with E-state index in [1.54, 1.807) is 15.9 Å². The Balaban J connectivity index is 1.35. The number of hydrogen-bond donors (Lipinski definition) is 1. The van der Waals surface area contributed by atoms with Crippen molar-refractivity contribution in [2.24, 2.45) is 0 Å². The number of carbonyl (C=O) groups is 3. The van der Waals surface area contributed by atoms with Gasteiger partial charge in [-0.1, -0.05) is 24.3 Å². The fourth-order valence-electron chi connectivity index (χ4n) is 5.37. The topological polar surface area (TPSA) is 69.7 Å². The summed E-state index contributed by atoms with van der Waals surface area (Å²) < 4.78 is 0. The van der Waals surface area contributed by atoms with Crippen LogP contribution in [0.1, 0.15) is 60.5 Å². The Kier molecular flexibility index (Phi) is 4.80. The van der Waals surface area contributed by atoms with Gasteiger partial charge in [0.05, 0.1) is 11.3 Å². The van der Waals surface area contributed by atoms with Gasteiger partial charge in [-0.15, -0.1) is 0 Å². The summed E-state index contributed by atoms with van der Waals surface area (Å²) in [5.74, 6) is -0.202. The van der Waals surface area contributed by atoms with Crippen LogP contribution in [0.5, 0.6) is 0 Å². The van der Waals surface area contributed by atoms with Gasteiger partial charge in [0.2, 0.25) is 11.8 Å². The van der Waals surface area contributed by atoms with Crippen LogP contribution in [0.3, 0.4) is 0 Å². The van der Waals surface area contributed by atoms with E-state index in [4.69, 9.17) is 0 Å². The minimum atomic E-state index is -0.727. The molecule has 2 aliphatic heterocycles. The van der Waals surface area contributed by atoms with Crippen LogP contribution in [-0.2, 0) is 22.4 Å². The maximum absolute atomic E-state index is 13.3. The predicted octanol–water partition coefficient (Wildman–Crippen LogP) is 3.89. The van der Waals surface area contributed by atoms with Crippen LogP contribution in [0, 0.1) is 0 Å². The highest BCUT2D eigenvalue weighted by atomic mass is 16.2. The lowest BCUT2D eigenvalue weighted by atomic mass is 9.90. The lowest BCUT2D eigenvalue weighted by molar-refractivity contribution is -0.117. The summed E-state index contributed by atoms with van der Waals surface area (Å²) in [5, 5.41) is 3.07. The molecule has 0 aromatic heterocycles. The Hall–Kier alpha value is -3.15. The molecule has 1 N–H and O–H groups in total. The van der Waals surface area contributed by atoms with E-state index in [0.717, 1.165) is 24.9 Å². The molecule has 0 bridgehead atoms. The summed E-state index contributed by atoms with van der Waals surface area (Å²) in [6.07, 6.45) is 5.54. The first-order valence-electron chi connectivity index (χ1n) is 11.1. The average molecular weight is 418 g/mol. The Morgan fingerprint density at radius 1 is 1.03 bits per heavy atom. The standard InChI is InChI=1S/C25H27N3O3/c1-25-15-13-23(30)28(25)21-12-5-4-10-19(21)24(31)27(25)16-14-22(29)26-20-11-6-8-17-7-2-3-9-18(17)20/h4-6,8,10-12H,2-3,7,9,13-16H2,1H3,(H,26,29)/t25-/m0/s1. The normalized spacial score (nSPS) is 22.1. The fourth-order valence-corrected chi connectivity index (χ4v) is 5.37. The second kappa shape index (κ2) is 7.52. The highest BCUT2D eigenvalue weighted by Gasteiger charge is 2.52. The number of para-hydroxylation sites is 1. The van der Waals surface area contributed by atoms with Gasteiger partial charge in [0.1, 0.15) is 5.66 Å². The Morgan fingerprint density at radius 3 is 2.71 bits per heavy atom. The summed E-state index contributed by atoms with van der Waals surface area (Å²) in [6, 6.07) is 13.3. The van der Waals surface area contributed by atoms with Crippen molar-refractivity contribution in [1.29, 1.82) is 0 Å². The number of carbonyl (C=O) groups excluding carboxylic acids is 3. The lowest BCUT2D eigenvalue weighted by Crippen LogP contribution is -2.62. The number of anilines is 2. The molecular formula is C25H27N3O3. The minimum Gasteiger partial charge on any atom is -0.326 e. The molecule has 1 fully saturated rings. The molecule has 6 heteroatoms. The number of benzene rings is 2. The summed E-state index contributed by atoms with van der Waals surface area (Å²) in [6.45, 7) is 2.20. The van der Waals surface area contributed by atoms with Crippen LogP contribution in [0.15, 0.2) is 42.5 Å². The van der Waals surface area contributed by atoms with Crippen molar-refractivity contribution in [2.75, 3.05) is 16.8 Å². The predicted molar refractivity (Wildman–Crippen MR) is 119 cm³/mol. The fraction of sp³-hybridized carbons (Fsp3) is 0.400. The third-order valence-corrected chi connectivity index (χ3v) is 6.98. The Labute approximate surface area is 182 Å². The molecule has 5 rings (SSSR count). The highest BCUT2D eigenvalue weighted by molar-refractivity contribution is 6.10.